The average molecular weight is 591 g/mol. The molecule has 0 aliphatic rings. The number of benzene rings is 3. The molecular weight excluding hydrogens is 561 g/mol. The summed E-state index contributed by atoms with van der Waals surface area (Å²) in [5.74, 6) is 0.680. The van der Waals surface area contributed by atoms with Crippen LogP contribution in [0.2, 0.25) is 10.0 Å². The Hall–Kier alpha value is -4.29. The van der Waals surface area contributed by atoms with Gasteiger partial charge in [-0.2, -0.15) is 5.26 Å². The van der Waals surface area contributed by atoms with Crippen LogP contribution < -0.4 is 20.1 Å². The van der Waals surface area contributed by atoms with Crippen LogP contribution in [0.5, 0.6) is 11.5 Å². The molecule has 0 spiro atoms. The van der Waals surface area contributed by atoms with Crippen LogP contribution in [-0.4, -0.2) is 43.0 Å². The van der Waals surface area contributed by atoms with Crippen LogP contribution in [-0.2, 0) is 11.4 Å². The van der Waals surface area contributed by atoms with Crippen molar-refractivity contribution in [2.75, 3.05) is 37.9 Å². The minimum Gasteiger partial charge on any atom is -0.492 e. The molecular formula is C31H29Cl2N5O3. The summed E-state index contributed by atoms with van der Waals surface area (Å²) in [4.78, 5) is 19.0. The molecule has 2 N–H and O–H groups in total. The summed E-state index contributed by atoms with van der Waals surface area (Å²) in [6.07, 6.45) is 4.74. The van der Waals surface area contributed by atoms with E-state index in [2.05, 4.69) is 21.7 Å². The molecule has 0 aliphatic heterocycles. The molecule has 8 nitrogen and oxygen atoms in total. The van der Waals surface area contributed by atoms with Crippen LogP contribution in [0.4, 0.5) is 17.1 Å². The number of halogens is 2. The van der Waals surface area contributed by atoms with Crippen molar-refractivity contribution in [3.8, 4) is 17.6 Å². The predicted octanol–water partition coefficient (Wildman–Crippen LogP) is 7.19. The molecule has 0 fully saturated rings. The smallest absolute Gasteiger partial charge is 0.248 e. The number of pyridine rings is 1. The fourth-order valence-electron chi connectivity index (χ4n) is 3.98. The monoisotopic (exact) mass is 589 g/mol. The maximum Gasteiger partial charge on any atom is 0.248 e. The zero-order chi connectivity index (χ0) is 29.4. The maximum atomic E-state index is 12.6. The SMILES string of the molecule is CCOc1cc2ncc(C#N)c(Nc3ccc(OCc4cccc(Cl)c4)c(Cl)c3)c2cc1NC(=O)/C=C/CN(C)C. The fraction of sp³-hybridized carbons (Fsp3) is 0.194. The quantitative estimate of drug-likeness (QED) is 0.178. The number of carbonyl (C=O) groups excluding carboxylic acids is 1. The van der Waals surface area contributed by atoms with Crippen molar-refractivity contribution in [3.05, 3.63) is 94.1 Å². The van der Waals surface area contributed by atoms with Gasteiger partial charge >= 0.3 is 0 Å². The summed E-state index contributed by atoms with van der Waals surface area (Å²) < 4.78 is 11.7. The molecule has 3 aromatic carbocycles. The van der Waals surface area contributed by atoms with Gasteiger partial charge in [-0.25, -0.2) is 0 Å². The molecule has 4 rings (SSSR count). The van der Waals surface area contributed by atoms with Crippen molar-refractivity contribution in [2.24, 2.45) is 0 Å². The van der Waals surface area contributed by atoms with E-state index >= 15 is 0 Å². The van der Waals surface area contributed by atoms with Crippen molar-refractivity contribution in [1.82, 2.24) is 9.88 Å². The van der Waals surface area contributed by atoms with Gasteiger partial charge in [0, 0.05) is 41.0 Å². The predicted molar refractivity (Wildman–Crippen MR) is 164 cm³/mol. The molecule has 1 aromatic heterocycles. The number of likely N-dealkylation sites (N-methyl/N-ethyl adjacent to an activating group) is 1. The summed E-state index contributed by atoms with van der Waals surface area (Å²) in [6, 6.07) is 18.4. The van der Waals surface area contributed by atoms with Gasteiger partial charge in [0.2, 0.25) is 5.91 Å². The van der Waals surface area contributed by atoms with Crippen LogP contribution in [0.15, 0.2) is 72.9 Å². The Kier molecular flexibility index (Phi) is 10.0. The second kappa shape index (κ2) is 13.9. The molecule has 0 unspecified atom stereocenters. The lowest BCUT2D eigenvalue weighted by Gasteiger charge is -2.16. The molecule has 1 amide bonds. The largest absolute Gasteiger partial charge is 0.492 e. The van der Waals surface area contributed by atoms with E-state index in [0.29, 0.717) is 74.8 Å². The zero-order valence-electron chi connectivity index (χ0n) is 22.9. The first-order valence-corrected chi connectivity index (χ1v) is 13.6. The van der Waals surface area contributed by atoms with Crippen LogP contribution in [0, 0.1) is 11.3 Å². The highest BCUT2D eigenvalue weighted by molar-refractivity contribution is 6.32. The van der Waals surface area contributed by atoms with Crippen molar-refractivity contribution < 1.29 is 14.3 Å². The van der Waals surface area contributed by atoms with E-state index in [-0.39, 0.29) is 5.91 Å². The highest BCUT2D eigenvalue weighted by Gasteiger charge is 2.16. The zero-order valence-corrected chi connectivity index (χ0v) is 24.4. The molecule has 1 heterocycles. The van der Waals surface area contributed by atoms with Gasteiger partial charge in [-0.15, -0.1) is 0 Å². The maximum absolute atomic E-state index is 12.6. The molecule has 0 radical (unpaired) electrons. The molecule has 0 saturated heterocycles. The Morgan fingerprint density at radius 2 is 1.93 bits per heavy atom. The van der Waals surface area contributed by atoms with Gasteiger partial charge in [0.25, 0.3) is 0 Å². The Morgan fingerprint density at radius 3 is 2.63 bits per heavy atom. The number of nitrogens with zero attached hydrogens (tertiary/aromatic N) is 3. The van der Waals surface area contributed by atoms with Crippen molar-refractivity contribution >= 4 is 57.1 Å². The summed E-state index contributed by atoms with van der Waals surface area (Å²) in [5.41, 5.74) is 3.44. The van der Waals surface area contributed by atoms with Gasteiger partial charge in [-0.05, 0) is 63.0 Å². The van der Waals surface area contributed by atoms with Gasteiger partial charge in [0.05, 0.1) is 34.1 Å². The van der Waals surface area contributed by atoms with E-state index in [1.807, 2.05) is 44.1 Å². The molecule has 10 heteroatoms. The number of hydrogen-bond acceptors (Lipinski definition) is 7. The van der Waals surface area contributed by atoms with Crippen LogP contribution >= 0.6 is 23.2 Å². The summed E-state index contributed by atoms with van der Waals surface area (Å²) in [5, 5.41) is 17.7. The Balaban J connectivity index is 1.64. The molecule has 0 bridgehead atoms. The van der Waals surface area contributed by atoms with E-state index in [4.69, 9.17) is 32.7 Å². The van der Waals surface area contributed by atoms with Crippen molar-refractivity contribution in [1.29, 1.82) is 5.26 Å². The number of fused-ring (bicyclic) bond motifs is 1. The Labute approximate surface area is 249 Å². The minimum absolute atomic E-state index is 0.300. The topological polar surface area (TPSA) is 99.5 Å². The second-order valence-corrected chi connectivity index (χ2v) is 10.1. The summed E-state index contributed by atoms with van der Waals surface area (Å²) in [6.45, 7) is 3.19. The third-order valence-corrected chi connectivity index (χ3v) is 6.40. The van der Waals surface area contributed by atoms with Gasteiger partial charge in [-0.3, -0.25) is 9.78 Å². The lowest BCUT2D eigenvalue weighted by Crippen LogP contribution is -2.13. The highest BCUT2D eigenvalue weighted by atomic mass is 35.5. The number of hydrogen-bond donors (Lipinski definition) is 2. The first-order valence-electron chi connectivity index (χ1n) is 12.8. The number of ether oxygens (including phenoxy) is 2. The van der Waals surface area contributed by atoms with E-state index < -0.39 is 0 Å². The minimum atomic E-state index is -0.300. The number of amides is 1. The average Bonchev–Trinajstić information content (AvgIpc) is 2.93. The third-order valence-electron chi connectivity index (χ3n) is 5.87. The fourth-order valence-corrected chi connectivity index (χ4v) is 4.43. The first-order chi connectivity index (χ1) is 19.8. The third kappa shape index (κ3) is 7.89. The lowest BCUT2D eigenvalue weighted by atomic mass is 10.1. The van der Waals surface area contributed by atoms with Gasteiger partial charge in [-0.1, -0.05) is 41.4 Å². The molecule has 210 valence electrons. The number of nitrogens with one attached hydrogen (secondary N) is 2. The van der Waals surface area contributed by atoms with E-state index in [0.717, 1.165) is 5.56 Å². The number of nitriles is 1. The summed E-state index contributed by atoms with van der Waals surface area (Å²) in [7, 11) is 3.84. The molecule has 0 atom stereocenters. The van der Waals surface area contributed by atoms with E-state index in [9.17, 15) is 10.1 Å². The second-order valence-electron chi connectivity index (χ2n) is 9.30. The Bertz CT molecular complexity index is 1630. The molecule has 41 heavy (non-hydrogen) atoms. The van der Waals surface area contributed by atoms with Gasteiger partial charge < -0.3 is 25.0 Å². The van der Waals surface area contributed by atoms with Gasteiger partial charge in [0.1, 0.15) is 24.2 Å². The Morgan fingerprint density at radius 1 is 1.10 bits per heavy atom. The van der Waals surface area contributed by atoms with Crippen LogP contribution in [0.3, 0.4) is 0 Å². The highest BCUT2D eigenvalue weighted by Crippen LogP contribution is 2.37. The lowest BCUT2D eigenvalue weighted by molar-refractivity contribution is -0.111. The summed E-state index contributed by atoms with van der Waals surface area (Å²) >= 11 is 12.6. The van der Waals surface area contributed by atoms with E-state index in [1.165, 1.54) is 12.3 Å². The number of anilines is 3. The number of rotatable bonds is 11. The standard InChI is InChI=1S/C31H29Cl2N5O3/c1-4-40-29-16-26-24(15-27(29)37-30(39)9-6-12-38(2)3)31(21(17-34)18-35-26)36-23-10-11-28(25(33)14-23)41-19-20-7-5-8-22(32)13-20/h5-11,13-16,18H,4,12,19H2,1-3H3,(H,35,36)(H,37,39)/b9-6+. The molecule has 0 saturated carbocycles. The molecule has 0 aliphatic carbocycles. The van der Waals surface area contributed by atoms with E-state index in [1.54, 1.807) is 42.5 Å². The van der Waals surface area contributed by atoms with Crippen LogP contribution in [0.25, 0.3) is 10.9 Å². The molecule has 4 aromatic rings. The number of aromatic nitrogens is 1. The normalized spacial score (nSPS) is 11.0. The van der Waals surface area contributed by atoms with Crippen molar-refractivity contribution in [3.63, 3.8) is 0 Å². The van der Waals surface area contributed by atoms with Crippen LogP contribution in [0.1, 0.15) is 18.1 Å². The van der Waals surface area contributed by atoms with Gasteiger partial charge in [0.15, 0.2) is 0 Å². The first kappa shape index (κ1) is 29.7. The number of carbonyl (C=O) groups is 1. The van der Waals surface area contributed by atoms with Crippen molar-refractivity contribution in [2.45, 2.75) is 13.5 Å².